The third kappa shape index (κ3) is 4.50. The van der Waals surface area contributed by atoms with Crippen molar-refractivity contribution in [3.05, 3.63) is 115 Å². The molecule has 4 nitrogen and oxygen atoms in total. The van der Waals surface area contributed by atoms with E-state index < -0.39 is 0 Å². The SMILES string of the molecule is C[C@H]([NH2+][C@@H](c1ccccc1)c1ccco1)C(=O)Nc1ccccc1-c1ccccc1. The average Bonchev–Trinajstić information content (AvgIpc) is 3.33. The molecule has 1 aromatic heterocycles. The Hall–Kier alpha value is -3.63. The van der Waals surface area contributed by atoms with E-state index in [9.17, 15) is 4.79 Å². The lowest BCUT2D eigenvalue weighted by Crippen LogP contribution is -2.92. The van der Waals surface area contributed by atoms with Gasteiger partial charge in [-0.25, -0.2) is 0 Å². The quantitative estimate of drug-likeness (QED) is 0.478. The highest BCUT2D eigenvalue weighted by Gasteiger charge is 2.27. The van der Waals surface area contributed by atoms with Crippen molar-refractivity contribution in [1.82, 2.24) is 0 Å². The zero-order chi connectivity index (χ0) is 20.8. The molecule has 0 aliphatic rings. The van der Waals surface area contributed by atoms with Gasteiger partial charge in [0.05, 0.1) is 6.26 Å². The summed E-state index contributed by atoms with van der Waals surface area (Å²) in [5, 5.41) is 5.15. The molecule has 30 heavy (non-hydrogen) atoms. The average molecular weight is 397 g/mol. The Bertz CT molecular complexity index is 1080. The Morgan fingerprint density at radius 2 is 1.50 bits per heavy atom. The summed E-state index contributed by atoms with van der Waals surface area (Å²) in [4.78, 5) is 13.1. The third-order valence-corrected chi connectivity index (χ3v) is 5.17. The summed E-state index contributed by atoms with van der Waals surface area (Å²) < 4.78 is 5.66. The third-order valence-electron chi connectivity index (χ3n) is 5.17. The minimum atomic E-state index is -0.316. The van der Waals surface area contributed by atoms with E-state index in [0.717, 1.165) is 28.1 Å². The van der Waals surface area contributed by atoms with E-state index >= 15 is 0 Å². The van der Waals surface area contributed by atoms with Crippen LogP contribution >= 0.6 is 0 Å². The molecule has 0 bridgehead atoms. The normalized spacial score (nSPS) is 12.8. The molecule has 0 aliphatic heterocycles. The number of amides is 1. The first kappa shape index (κ1) is 19.7. The number of para-hydroxylation sites is 1. The van der Waals surface area contributed by atoms with Crippen LogP contribution < -0.4 is 10.6 Å². The van der Waals surface area contributed by atoms with Gasteiger partial charge < -0.3 is 15.1 Å². The topological polar surface area (TPSA) is 58.9 Å². The maximum atomic E-state index is 13.1. The summed E-state index contributed by atoms with van der Waals surface area (Å²) in [5.41, 5.74) is 3.98. The molecule has 0 spiro atoms. The van der Waals surface area contributed by atoms with Crippen LogP contribution in [0.1, 0.15) is 24.3 Å². The zero-order valence-electron chi connectivity index (χ0n) is 16.9. The number of benzene rings is 3. The van der Waals surface area contributed by atoms with Crippen molar-refractivity contribution in [2.45, 2.75) is 19.0 Å². The molecular formula is C26H25N2O2+. The summed E-state index contributed by atoms with van der Waals surface area (Å²) in [7, 11) is 0. The van der Waals surface area contributed by atoms with Gasteiger partial charge in [0.1, 0.15) is 0 Å². The van der Waals surface area contributed by atoms with Crippen molar-refractivity contribution in [1.29, 1.82) is 0 Å². The van der Waals surface area contributed by atoms with Crippen LogP contribution in [-0.4, -0.2) is 11.9 Å². The minimum absolute atomic E-state index is 0.0501. The molecule has 1 heterocycles. The number of nitrogens with two attached hydrogens (primary N) is 1. The summed E-state index contributed by atoms with van der Waals surface area (Å²) >= 11 is 0. The van der Waals surface area contributed by atoms with Gasteiger partial charge in [-0.05, 0) is 30.7 Å². The smallest absolute Gasteiger partial charge is 0.282 e. The molecule has 0 fully saturated rings. The van der Waals surface area contributed by atoms with Crippen LogP contribution in [0, 0.1) is 0 Å². The van der Waals surface area contributed by atoms with E-state index in [1.807, 2.05) is 97.2 Å². The number of rotatable bonds is 7. The number of quaternary nitrogens is 1. The van der Waals surface area contributed by atoms with Crippen LogP contribution in [-0.2, 0) is 4.79 Å². The Balaban J connectivity index is 1.53. The second-order valence-corrected chi connectivity index (χ2v) is 7.29. The molecule has 3 aromatic carbocycles. The van der Waals surface area contributed by atoms with Crippen LogP contribution in [0.25, 0.3) is 11.1 Å². The molecule has 3 N–H and O–H groups in total. The monoisotopic (exact) mass is 397 g/mol. The fourth-order valence-corrected chi connectivity index (χ4v) is 3.58. The van der Waals surface area contributed by atoms with Gasteiger partial charge in [0.2, 0.25) is 0 Å². The van der Waals surface area contributed by atoms with E-state index in [0.29, 0.717) is 0 Å². The zero-order valence-corrected chi connectivity index (χ0v) is 16.9. The molecular weight excluding hydrogens is 372 g/mol. The van der Waals surface area contributed by atoms with Gasteiger partial charge in [-0.2, -0.15) is 0 Å². The first-order valence-corrected chi connectivity index (χ1v) is 10.1. The van der Waals surface area contributed by atoms with Crippen LogP contribution in [0.4, 0.5) is 5.69 Å². The van der Waals surface area contributed by atoms with Crippen LogP contribution in [0.3, 0.4) is 0 Å². The number of nitrogens with one attached hydrogen (secondary N) is 1. The Labute approximate surface area is 176 Å². The van der Waals surface area contributed by atoms with Gasteiger partial charge in [-0.1, -0.05) is 78.9 Å². The summed E-state index contributed by atoms with van der Waals surface area (Å²) in [6.45, 7) is 1.92. The van der Waals surface area contributed by atoms with E-state index in [-0.39, 0.29) is 18.0 Å². The van der Waals surface area contributed by atoms with Gasteiger partial charge in [0, 0.05) is 16.8 Å². The second-order valence-electron chi connectivity index (χ2n) is 7.29. The molecule has 0 radical (unpaired) electrons. The lowest BCUT2D eigenvalue weighted by atomic mass is 10.0. The number of hydrogen-bond acceptors (Lipinski definition) is 2. The lowest BCUT2D eigenvalue weighted by molar-refractivity contribution is -0.706. The summed E-state index contributed by atoms with van der Waals surface area (Å²) in [6, 6.07) is 31.5. The van der Waals surface area contributed by atoms with Gasteiger partial charge in [-0.15, -0.1) is 0 Å². The van der Waals surface area contributed by atoms with Gasteiger partial charge in [-0.3, -0.25) is 4.79 Å². The predicted molar refractivity (Wildman–Crippen MR) is 119 cm³/mol. The Kier molecular flexibility index (Phi) is 6.06. The highest BCUT2D eigenvalue weighted by atomic mass is 16.3. The Morgan fingerprint density at radius 1 is 0.833 bits per heavy atom. The standard InChI is InChI=1S/C26H24N2O2/c1-19(27-25(24-17-10-18-30-24)21-13-6-3-7-14-21)26(29)28-23-16-9-8-15-22(23)20-11-4-2-5-12-20/h2-19,25,27H,1H3,(H,28,29)/p+1/t19-,25-/m0/s1. The largest absolute Gasteiger partial charge is 0.463 e. The molecule has 0 aliphatic carbocycles. The minimum Gasteiger partial charge on any atom is -0.463 e. The number of furan rings is 1. The van der Waals surface area contributed by atoms with E-state index in [4.69, 9.17) is 4.42 Å². The van der Waals surface area contributed by atoms with Crippen molar-refractivity contribution in [2.24, 2.45) is 0 Å². The summed E-state index contributed by atoms with van der Waals surface area (Å²) in [5.74, 6) is 0.774. The number of carbonyl (C=O) groups excluding carboxylic acids is 1. The fraction of sp³-hybridized carbons (Fsp3) is 0.115. The molecule has 0 saturated carbocycles. The van der Waals surface area contributed by atoms with Crippen molar-refractivity contribution >= 4 is 11.6 Å². The van der Waals surface area contributed by atoms with Gasteiger partial charge >= 0.3 is 0 Å². The molecule has 1 amide bonds. The maximum absolute atomic E-state index is 13.1. The van der Waals surface area contributed by atoms with E-state index in [1.54, 1.807) is 6.26 Å². The summed E-state index contributed by atoms with van der Waals surface area (Å²) in [6.07, 6.45) is 1.67. The molecule has 0 unspecified atom stereocenters. The van der Waals surface area contributed by atoms with Crippen molar-refractivity contribution in [2.75, 3.05) is 5.32 Å². The molecule has 2 atom stereocenters. The molecule has 4 rings (SSSR count). The van der Waals surface area contributed by atoms with Crippen molar-refractivity contribution < 1.29 is 14.5 Å². The lowest BCUT2D eigenvalue weighted by Gasteiger charge is -2.19. The number of carbonyl (C=O) groups is 1. The van der Waals surface area contributed by atoms with Crippen LogP contribution in [0.5, 0.6) is 0 Å². The Morgan fingerprint density at radius 3 is 2.20 bits per heavy atom. The number of anilines is 1. The first-order valence-electron chi connectivity index (χ1n) is 10.1. The maximum Gasteiger partial charge on any atom is 0.282 e. The van der Waals surface area contributed by atoms with E-state index in [1.165, 1.54) is 0 Å². The second kappa shape index (κ2) is 9.25. The van der Waals surface area contributed by atoms with Gasteiger partial charge in [0.25, 0.3) is 5.91 Å². The molecule has 0 saturated heterocycles. The van der Waals surface area contributed by atoms with E-state index in [2.05, 4.69) is 17.4 Å². The van der Waals surface area contributed by atoms with Gasteiger partial charge in [0.15, 0.2) is 17.8 Å². The first-order chi connectivity index (χ1) is 14.7. The fourth-order valence-electron chi connectivity index (χ4n) is 3.58. The van der Waals surface area contributed by atoms with Crippen molar-refractivity contribution in [3.8, 4) is 11.1 Å². The van der Waals surface area contributed by atoms with Crippen LogP contribution in [0.15, 0.2) is 108 Å². The molecule has 150 valence electrons. The number of hydrogen-bond donors (Lipinski definition) is 2. The highest BCUT2D eigenvalue weighted by Crippen LogP contribution is 2.27. The van der Waals surface area contributed by atoms with Crippen LogP contribution in [0.2, 0.25) is 0 Å². The molecule has 4 heteroatoms. The molecule has 4 aromatic rings. The predicted octanol–water partition coefficient (Wildman–Crippen LogP) is 4.63. The van der Waals surface area contributed by atoms with Crippen molar-refractivity contribution in [3.63, 3.8) is 0 Å². The highest BCUT2D eigenvalue weighted by molar-refractivity contribution is 5.97.